The number of benzene rings is 1. The van der Waals surface area contributed by atoms with Crippen LogP contribution < -0.4 is 5.48 Å². The van der Waals surface area contributed by atoms with Crippen molar-refractivity contribution in [1.82, 2.24) is 5.48 Å². The molecule has 14 heavy (non-hydrogen) atoms. The van der Waals surface area contributed by atoms with E-state index in [0.29, 0.717) is 22.3 Å². The van der Waals surface area contributed by atoms with Crippen molar-refractivity contribution in [3.63, 3.8) is 0 Å². The summed E-state index contributed by atoms with van der Waals surface area (Å²) in [6.45, 7) is 2.43. The number of aliphatic imine (C=N–C) groups is 1. The van der Waals surface area contributed by atoms with Crippen molar-refractivity contribution in [2.75, 3.05) is 6.61 Å². The van der Waals surface area contributed by atoms with Gasteiger partial charge in [-0.1, -0.05) is 23.2 Å². The average Bonchev–Trinajstić information content (AvgIpc) is 2.18. The maximum absolute atomic E-state index is 5.87. The molecule has 1 aromatic rings. The molecule has 3 nitrogen and oxygen atoms in total. The van der Waals surface area contributed by atoms with E-state index >= 15 is 0 Å². The monoisotopic (exact) mass is 232 g/mol. The number of nitrogens with zero attached hydrogens (tertiary/aromatic N) is 1. The summed E-state index contributed by atoms with van der Waals surface area (Å²) in [4.78, 5) is 8.88. The number of hydrogen-bond acceptors (Lipinski definition) is 2. The molecule has 0 aliphatic heterocycles. The first-order valence-corrected chi connectivity index (χ1v) is 4.84. The zero-order chi connectivity index (χ0) is 10.4. The maximum atomic E-state index is 5.87. The Morgan fingerprint density at radius 2 is 2.29 bits per heavy atom. The van der Waals surface area contributed by atoms with Gasteiger partial charge in [-0.3, -0.25) is 10.3 Å². The van der Waals surface area contributed by atoms with Crippen molar-refractivity contribution in [3.8, 4) is 0 Å². The van der Waals surface area contributed by atoms with E-state index in [4.69, 9.17) is 28.0 Å². The van der Waals surface area contributed by atoms with Crippen molar-refractivity contribution in [2.45, 2.75) is 6.92 Å². The summed E-state index contributed by atoms with van der Waals surface area (Å²) >= 11 is 11.6. The number of hydroxylamine groups is 1. The molecule has 0 spiro atoms. The summed E-state index contributed by atoms with van der Waals surface area (Å²) in [6, 6.07) is 5.07. The first kappa shape index (κ1) is 11.3. The summed E-state index contributed by atoms with van der Waals surface area (Å²) < 4.78 is 0. The molecule has 0 saturated carbocycles. The predicted octanol–water partition coefficient (Wildman–Crippen LogP) is 3.19. The minimum atomic E-state index is 0.545. The van der Waals surface area contributed by atoms with E-state index in [1.54, 1.807) is 18.2 Å². The summed E-state index contributed by atoms with van der Waals surface area (Å²) in [6.07, 6.45) is 1.42. The van der Waals surface area contributed by atoms with Crippen LogP contribution in [0.3, 0.4) is 0 Å². The number of rotatable bonds is 4. The van der Waals surface area contributed by atoms with Crippen LogP contribution >= 0.6 is 23.2 Å². The second-order valence-electron chi connectivity index (χ2n) is 2.40. The quantitative estimate of drug-likeness (QED) is 0.375. The molecule has 76 valence electrons. The molecule has 0 bridgehead atoms. The van der Waals surface area contributed by atoms with Crippen LogP contribution in [0.25, 0.3) is 0 Å². The van der Waals surface area contributed by atoms with Crippen molar-refractivity contribution >= 4 is 35.2 Å². The highest BCUT2D eigenvalue weighted by Crippen LogP contribution is 2.27. The third-order valence-electron chi connectivity index (χ3n) is 1.39. The third-order valence-corrected chi connectivity index (χ3v) is 1.95. The highest BCUT2D eigenvalue weighted by molar-refractivity contribution is 6.35. The second kappa shape index (κ2) is 5.86. The van der Waals surface area contributed by atoms with Gasteiger partial charge in [0.05, 0.1) is 17.3 Å². The largest absolute Gasteiger partial charge is 0.276 e. The summed E-state index contributed by atoms with van der Waals surface area (Å²) in [5.74, 6) is 0. The molecule has 1 aromatic carbocycles. The number of hydrogen-bond donors (Lipinski definition) is 1. The molecule has 0 unspecified atom stereocenters. The van der Waals surface area contributed by atoms with Gasteiger partial charge in [0.25, 0.3) is 0 Å². The highest BCUT2D eigenvalue weighted by atomic mass is 35.5. The Kier molecular flexibility index (Phi) is 4.73. The fourth-order valence-corrected chi connectivity index (χ4v) is 1.13. The van der Waals surface area contributed by atoms with Crippen LogP contribution in [0.15, 0.2) is 23.2 Å². The van der Waals surface area contributed by atoms with Crippen molar-refractivity contribution < 1.29 is 4.84 Å². The minimum Gasteiger partial charge on any atom is -0.276 e. The summed E-state index contributed by atoms with van der Waals surface area (Å²) in [7, 11) is 0. The van der Waals surface area contributed by atoms with E-state index < -0.39 is 0 Å². The van der Waals surface area contributed by atoms with Gasteiger partial charge >= 0.3 is 0 Å². The molecule has 0 heterocycles. The van der Waals surface area contributed by atoms with Crippen LogP contribution in [0, 0.1) is 0 Å². The van der Waals surface area contributed by atoms with Crippen LogP contribution in [-0.2, 0) is 4.84 Å². The predicted molar refractivity (Wildman–Crippen MR) is 59.4 cm³/mol. The molecule has 0 aliphatic carbocycles. The summed E-state index contributed by atoms with van der Waals surface area (Å²) in [5, 5.41) is 1.14. The van der Waals surface area contributed by atoms with Gasteiger partial charge in [0, 0.05) is 5.02 Å². The van der Waals surface area contributed by atoms with Crippen molar-refractivity contribution in [3.05, 3.63) is 28.2 Å². The Hall–Kier alpha value is -0.770. The number of nitrogens with one attached hydrogen (secondary N) is 1. The van der Waals surface area contributed by atoms with E-state index in [1.807, 2.05) is 6.92 Å². The van der Waals surface area contributed by atoms with Gasteiger partial charge in [-0.05, 0) is 25.1 Å². The van der Waals surface area contributed by atoms with E-state index in [-0.39, 0.29) is 0 Å². The topological polar surface area (TPSA) is 33.6 Å². The number of halogens is 2. The van der Waals surface area contributed by atoms with Gasteiger partial charge in [-0.2, -0.15) is 0 Å². The van der Waals surface area contributed by atoms with Gasteiger partial charge in [0.2, 0.25) is 0 Å². The Bertz CT molecular complexity index is 329. The molecule has 0 aliphatic rings. The van der Waals surface area contributed by atoms with E-state index in [1.165, 1.54) is 6.34 Å². The second-order valence-corrected chi connectivity index (χ2v) is 3.25. The maximum Gasteiger partial charge on any atom is 0.113 e. The van der Waals surface area contributed by atoms with E-state index in [2.05, 4.69) is 10.5 Å². The third kappa shape index (κ3) is 3.54. The van der Waals surface area contributed by atoms with Gasteiger partial charge < -0.3 is 0 Å². The normalized spacial score (nSPS) is 10.8. The van der Waals surface area contributed by atoms with Crippen molar-refractivity contribution in [2.24, 2.45) is 4.99 Å². The van der Waals surface area contributed by atoms with Crippen LogP contribution in [-0.4, -0.2) is 12.9 Å². The van der Waals surface area contributed by atoms with E-state index in [0.717, 1.165) is 0 Å². The standard InChI is InChI=1S/C9H10Cl2N2O/c1-2-14-13-6-12-9-5-7(10)3-4-8(9)11/h3-6H,2H2,1H3,(H,12,13). The average molecular weight is 233 g/mol. The molecule has 1 rings (SSSR count). The lowest BCUT2D eigenvalue weighted by Crippen LogP contribution is -2.10. The SMILES string of the molecule is CCONC=Nc1cc(Cl)ccc1Cl. The van der Waals surface area contributed by atoms with Crippen LogP contribution in [0.4, 0.5) is 5.69 Å². The Balaban J connectivity index is 2.65. The molecule has 0 amide bonds. The zero-order valence-electron chi connectivity index (χ0n) is 7.63. The Morgan fingerprint density at radius 1 is 1.50 bits per heavy atom. The van der Waals surface area contributed by atoms with Gasteiger partial charge in [0.15, 0.2) is 0 Å². The first-order chi connectivity index (χ1) is 6.74. The molecule has 0 aromatic heterocycles. The highest BCUT2D eigenvalue weighted by Gasteiger charge is 1.97. The van der Waals surface area contributed by atoms with Crippen LogP contribution in [0.5, 0.6) is 0 Å². The van der Waals surface area contributed by atoms with Crippen LogP contribution in [0.1, 0.15) is 6.92 Å². The van der Waals surface area contributed by atoms with Crippen molar-refractivity contribution in [1.29, 1.82) is 0 Å². The molecule has 0 fully saturated rings. The molecular formula is C9H10Cl2N2O. The smallest absolute Gasteiger partial charge is 0.113 e. The lowest BCUT2D eigenvalue weighted by Gasteiger charge is -1.99. The summed E-state index contributed by atoms with van der Waals surface area (Å²) in [5.41, 5.74) is 3.14. The Labute approximate surface area is 92.6 Å². The van der Waals surface area contributed by atoms with Gasteiger partial charge in [-0.25, -0.2) is 4.99 Å². The lowest BCUT2D eigenvalue weighted by atomic mass is 10.3. The molecule has 1 N–H and O–H groups in total. The van der Waals surface area contributed by atoms with Gasteiger partial charge in [0.1, 0.15) is 6.34 Å². The molecule has 0 atom stereocenters. The molecule has 5 heteroatoms. The first-order valence-electron chi connectivity index (χ1n) is 4.09. The van der Waals surface area contributed by atoms with Crippen LogP contribution in [0.2, 0.25) is 10.0 Å². The lowest BCUT2D eigenvalue weighted by molar-refractivity contribution is 0.100. The van der Waals surface area contributed by atoms with E-state index in [9.17, 15) is 0 Å². The Morgan fingerprint density at radius 3 is 3.00 bits per heavy atom. The fourth-order valence-electron chi connectivity index (χ4n) is 0.801. The fraction of sp³-hybridized carbons (Fsp3) is 0.222. The molecular weight excluding hydrogens is 223 g/mol. The minimum absolute atomic E-state index is 0.545. The zero-order valence-corrected chi connectivity index (χ0v) is 9.14. The van der Waals surface area contributed by atoms with Gasteiger partial charge in [-0.15, -0.1) is 0 Å². The molecule has 0 saturated heterocycles. The molecule has 0 radical (unpaired) electrons.